The first-order chi connectivity index (χ1) is 19.0. The van der Waals surface area contributed by atoms with Crippen molar-refractivity contribution in [3.8, 4) is 5.88 Å². The number of Topliss-reactive ketones (excluding diaryl/α,β-unsaturated/α-hetero) is 1. The van der Waals surface area contributed by atoms with Crippen molar-refractivity contribution in [3.63, 3.8) is 0 Å². The summed E-state index contributed by atoms with van der Waals surface area (Å²) in [6.07, 6.45) is -0.00711. The number of pyridine rings is 1. The Balaban J connectivity index is 1.50. The van der Waals surface area contributed by atoms with Gasteiger partial charge in [0.05, 0.1) is 22.5 Å². The highest BCUT2D eigenvalue weighted by atomic mass is 19.4. The van der Waals surface area contributed by atoms with Gasteiger partial charge in [-0.3, -0.25) is 4.79 Å². The average molecular weight is 573 g/mol. The molecule has 1 aromatic rings. The van der Waals surface area contributed by atoms with E-state index >= 15 is 0 Å². The van der Waals surface area contributed by atoms with Gasteiger partial charge in [0.1, 0.15) is 5.83 Å². The van der Waals surface area contributed by atoms with E-state index in [1.807, 2.05) is 6.08 Å². The average Bonchev–Trinajstić information content (AvgIpc) is 3.21. The molecule has 0 radical (unpaired) electrons. The smallest absolute Gasteiger partial charge is 0.414 e. The Hall–Kier alpha value is -3.18. The predicted octanol–water partition coefficient (Wildman–Crippen LogP) is 7.27. The molecule has 0 spiro atoms. The van der Waals surface area contributed by atoms with E-state index in [4.69, 9.17) is 4.74 Å². The maximum atomic E-state index is 14.5. The molecule has 1 aromatic heterocycles. The number of nitrogens with zero attached hydrogens (tertiary/aromatic N) is 2. The van der Waals surface area contributed by atoms with Gasteiger partial charge in [-0.25, -0.2) is 13.2 Å². The molecule has 1 atom stereocenters. The number of rotatable bonds is 11. The summed E-state index contributed by atoms with van der Waals surface area (Å²) in [6.45, 7) is 2.88. The number of hydrogen-bond donors (Lipinski definition) is 2. The predicted molar refractivity (Wildman–Crippen MR) is 140 cm³/mol. The molecule has 0 amide bonds. The monoisotopic (exact) mass is 572 g/mol. The summed E-state index contributed by atoms with van der Waals surface area (Å²) < 4.78 is 86.2. The zero-order chi connectivity index (χ0) is 29.0. The number of carbonyl (C=O) groups excluding carboxylic acids is 1. The number of hydrogen-bond acceptors (Lipinski definition) is 6. The molecule has 6 nitrogen and oxygen atoms in total. The van der Waals surface area contributed by atoms with Crippen molar-refractivity contribution in [2.24, 2.45) is 11.8 Å². The summed E-state index contributed by atoms with van der Waals surface area (Å²) >= 11 is 0. The topological polar surface area (TPSA) is 66.5 Å². The second kappa shape index (κ2) is 12.6. The maximum absolute atomic E-state index is 14.5. The van der Waals surface area contributed by atoms with Gasteiger partial charge in [-0.05, 0) is 68.9 Å². The van der Waals surface area contributed by atoms with Gasteiger partial charge in [-0.1, -0.05) is 12.5 Å². The van der Waals surface area contributed by atoms with Gasteiger partial charge < -0.3 is 20.3 Å². The lowest BCUT2D eigenvalue weighted by atomic mass is 9.80. The molecule has 1 aliphatic heterocycles. The Bertz CT molecular complexity index is 1160. The third kappa shape index (κ3) is 6.93. The van der Waals surface area contributed by atoms with E-state index in [0.29, 0.717) is 18.3 Å². The Morgan fingerprint density at radius 3 is 2.67 bits per heavy atom. The lowest BCUT2D eigenvalue weighted by Gasteiger charge is -2.28. The summed E-state index contributed by atoms with van der Waals surface area (Å²) in [6, 6.07) is 1.41. The van der Waals surface area contributed by atoms with Gasteiger partial charge in [-0.2, -0.15) is 18.2 Å². The van der Waals surface area contributed by atoms with Crippen LogP contribution in [0.4, 0.5) is 37.8 Å². The molecule has 2 N–H and O–H groups in total. The molecule has 0 saturated heterocycles. The van der Waals surface area contributed by atoms with Crippen molar-refractivity contribution in [3.05, 3.63) is 47.5 Å². The SMILES string of the molecule is C=CC1CCC(CCCC(=O)c2cc3c(nc2OCC(F)F)N(C)C(NC2=C(C(F)(F)F)CCC=C2F)N3)CC1. The van der Waals surface area contributed by atoms with Gasteiger partial charge in [0.25, 0.3) is 6.43 Å². The summed E-state index contributed by atoms with van der Waals surface area (Å²) in [5, 5.41) is 5.48. The van der Waals surface area contributed by atoms with E-state index in [2.05, 4.69) is 22.2 Å². The minimum Gasteiger partial charge on any atom is -0.471 e. The van der Waals surface area contributed by atoms with E-state index in [1.54, 1.807) is 0 Å². The third-order valence-corrected chi connectivity index (χ3v) is 7.75. The molecule has 1 fully saturated rings. The van der Waals surface area contributed by atoms with Crippen LogP contribution in [0.2, 0.25) is 0 Å². The molecule has 2 heterocycles. The van der Waals surface area contributed by atoms with Crippen LogP contribution in [0.25, 0.3) is 0 Å². The summed E-state index contributed by atoms with van der Waals surface area (Å²) in [7, 11) is 1.49. The number of ether oxygens (including phenoxy) is 1. The second-order valence-electron chi connectivity index (χ2n) is 10.5. The van der Waals surface area contributed by atoms with Crippen LogP contribution in [-0.4, -0.2) is 43.3 Å². The molecule has 3 aliphatic rings. The van der Waals surface area contributed by atoms with Crippen LogP contribution < -0.4 is 20.3 Å². The molecule has 0 aromatic carbocycles. The molecule has 12 heteroatoms. The molecule has 1 saturated carbocycles. The number of nitrogens with one attached hydrogen (secondary N) is 2. The van der Waals surface area contributed by atoms with E-state index in [0.717, 1.165) is 38.2 Å². The van der Waals surface area contributed by atoms with Crippen LogP contribution >= 0.6 is 0 Å². The number of anilines is 2. The van der Waals surface area contributed by atoms with Crippen molar-refractivity contribution in [2.45, 2.75) is 76.7 Å². The zero-order valence-electron chi connectivity index (χ0n) is 22.3. The highest BCUT2D eigenvalue weighted by molar-refractivity contribution is 6.00. The first kappa shape index (κ1) is 29.8. The van der Waals surface area contributed by atoms with Crippen molar-refractivity contribution in [1.29, 1.82) is 0 Å². The normalized spacial score (nSPS) is 23.1. The molecule has 0 bridgehead atoms. The van der Waals surface area contributed by atoms with Crippen LogP contribution in [0, 0.1) is 11.8 Å². The number of halogens is 6. The minimum absolute atomic E-state index is 0.00949. The Kier molecular flexibility index (Phi) is 9.35. The number of carbonyl (C=O) groups is 1. The molecule has 40 heavy (non-hydrogen) atoms. The fraction of sp³-hybridized carbons (Fsp3) is 0.571. The van der Waals surface area contributed by atoms with Crippen molar-refractivity contribution in [1.82, 2.24) is 10.3 Å². The fourth-order valence-electron chi connectivity index (χ4n) is 5.50. The van der Waals surface area contributed by atoms with Crippen LogP contribution in [0.15, 0.2) is 41.9 Å². The summed E-state index contributed by atoms with van der Waals surface area (Å²) in [5.41, 5.74) is -1.40. The molecular weight excluding hydrogens is 538 g/mol. The first-order valence-corrected chi connectivity index (χ1v) is 13.5. The maximum Gasteiger partial charge on any atom is 0.414 e. The van der Waals surface area contributed by atoms with E-state index in [9.17, 15) is 31.1 Å². The summed E-state index contributed by atoms with van der Waals surface area (Å²) in [4.78, 5) is 18.8. The minimum atomic E-state index is -4.73. The van der Waals surface area contributed by atoms with Gasteiger partial charge >= 0.3 is 6.18 Å². The highest BCUT2D eigenvalue weighted by Gasteiger charge is 2.40. The van der Waals surface area contributed by atoms with Crippen LogP contribution in [-0.2, 0) is 0 Å². The van der Waals surface area contributed by atoms with Crippen molar-refractivity contribution in [2.75, 3.05) is 23.9 Å². The lowest BCUT2D eigenvalue weighted by Crippen LogP contribution is -2.46. The van der Waals surface area contributed by atoms with Gasteiger partial charge in [0.2, 0.25) is 5.88 Å². The molecule has 4 rings (SSSR count). The van der Waals surface area contributed by atoms with Gasteiger partial charge in [0.15, 0.2) is 24.5 Å². The number of ketones is 1. The van der Waals surface area contributed by atoms with Crippen LogP contribution in [0.5, 0.6) is 5.88 Å². The highest BCUT2D eigenvalue weighted by Crippen LogP contribution is 2.40. The van der Waals surface area contributed by atoms with Gasteiger partial charge in [0, 0.05) is 13.5 Å². The van der Waals surface area contributed by atoms with E-state index in [-0.39, 0.29) is 48.0 Å². The molecule has 220 valence electrons. The zero-order valence-corrected chi connectivity index (χ0v) is 22.3. The number of aromatic nitrogens is 1. The van der Waals surface area contributed by atoms with Gasteiger partial charge in [-0.15, -0.1) is 6.58 Å². The quantitative estimate of drug-likeness (QED) is 0.165. The van der Waals surface area contributed by atoms with E-state index in [1.165, 1.54) is 18.0 Å². The third-order valence-electron chi connectivity index (χ3n) is 7.75. The Morgan fingerprint density at radius 2 is 2.02 bits per heavy atom. The van der Waals surface area contributed by atoms with E-state index < -0.39 is 42.6 Å². The second-order valence-corrected chi connectivity index (χ2v) is 10.5. The number of fused-ring (bicyclic) bond motifs is 1. The molecular formula is C28H34F6N4O2. The Morgan fingerprint density at radius 1 is 1.30 bits per heavy atom. The lowest BCUT2D eigenvalue weighted by molar-refractivity contribution is -0.0954. The number of allylic oxidation sites excluding steroid dienone is 4. The molecule has 2 aliphatic carbocycles. The standard InChI is InChI=1S/C28H34F6N4O2/c1-3-16-10-12-17(13-11-16)6-4-9-22(39)18-14-21-25(37-26(18)40-15-23(30)31)38(2)27(35-21)36-24-19(28(32,33)34)7-5-8-20(24)29/h3,8,14,16-17,23,27,35-36H,1,4-7,9-13,15H2,2H3. The van der Waals surface area contributed by atoms with Crippen molar-refractivity contribution < 1.29 is 35.9 Å². The van der Waals surface area contributed by atoms with Crippen molar-refractivity contribution >= 4 is 17.3 Å². The summed E-state index contributed by atoms with van der Waals surface area (Å²) in [5.74, 6) is -0.411. The fourth-order valence-corrected chi connectivity index (χ4v) is 5.50. The number of alkyl halides is 5. The van der Waals surface area contributed by atoms with Crippen LogP contribution in [0.1, 0.15) is 68.1 Å². The Labute approximate surface area is 229 Å². The molecule has 1 unspecified atom stereocenters. The van der Waals surface area contributed by atoms with Crippen LogP contribution in [0.3, 0.4) is 0 Å². The first-order valence-electron chi connectivity index (χ1n) is 13.5. The largest absolute Gasteiger partial charge is 0.471 e.